The summed E-state index contributed by atoms with van der Waals surface area (Å²) in [5.74, 6) is 0.265. The molecule has 114 valence electrons. The van der Waals surface area contributed by atoms with E-state index in [4.69, 9.17) is 4.74 Å². The normalized spacial score (nSPS) is 17.8. The van der Waals surface area contributed by atoms with Crippen LogP contribution in [0.5, 0.6) is 0 Å². The van der Waals surface area contributed by atoms with Gasteiger partial charge in [-0.05, 0) is 18.6 Å². The molecule has 1 aliphatic rings. The highest BCUT2D eigenvalue weighted by Gasteiger charge is 2.27. The molecule has 1 N–H and O–H groups in total. The maximum absolute atomic E-state index is 12.4. The molecular formula is C14H19N3O4. The van der Waals surface area contributed by atoms with Crippen LogP contribution in [0.4, 0.5) is 11.4 Å². The lowest BCUT2D eigenvalue weighted by atomic mass is 10.1. The molecule has 1 atom stereocenters. The Balaban J connectivity index is 2.15. The van der Waals surface area contributed by atoms with Crippen LogP contribution in [0.15, 0.2) is 18.2 Å². The summed E-state index contributed by atoms with van der Waals surface area (Å²) in [6, 6.07) is 4.40. The van der Waals surface area contributed by atoms with Crippen LogP contribution in [0.1, 0.15) is 16.8 Å². The number of methoxy groups -OCH3 is 1. The lowest BCUT2D eigenvalue weighted by Gasteiger charge is -2.17. The minimum atomic E-state index is -0.468. The van der Waals surface area contributed by atoms with Crippen molar-refractivity contribution >= 4 is 17.3 Å². The molecule has 1 fully saturated rings. The molecule has 0 spiro atoms. The van der Waals surface area contributed by atoms with E-state index in [1.54, 1.807) is 19.1 Å². The Kier molecular flexibility index (Phi) is 4.74. The van der Waals surface area contributed by atoms with Crippen LogP contribution in [-0.4, -0.2) is 49.6 Å². The second-order valence-corrected chi connectivity index (χ2v) is 5.10. The van der Waals surface area contributed by atoms with Gasteiger partial charge in [-0.1, -0.05) is 0 Å². The Labute approximate surface area is 123 Å². The number of nitro benzene ring substituents is 1. The number of anilines is 1. The van der Waals surface area contributed by atoms with Crippen molar-refractivity contribution in [3.63, 3.8) is 0 Å². The molecule has 2 rings (SSSR count). The van der Waals surface area contributed by atoms with Crippen LogP contribution < -0.4 is 5.32 Å². The number of nitrogens with one attached hydrogen (secondary N) is 1. The Hall–Kier alpha value is -2.15. The fourth-order valence-corrected chi connectivity index (χ4v) is 2.60. The van der Waals surface area contributed by atoms with Crippen LogP contribution >= 0.6 is 0 Å². The number of likely N-dealkylation sites (tertiary alicyclic amines) is 1. The summed E-state index contributed by atoms with van der Waals surface area (Å²) in [5, 5.41) is 13.6. The first-order valence-electron chi connectivity index (χ1n) is 6.81. The molecule has 1 aromatic rings. The smallest absolute Gasteiger partial charge is 0.292 e. The van der Waals surface area contributed by atoms with E-state index in [0.717, 1.165) is 6.42 Å². The summed E-state index contributed by atoms with van der Waals surface area (Å²) in [7, 11) is 3.25. The van der Waals surface area contributed by atoms with Crippen LogP contribution in [-0.2, 0) is 4.74 Å². The fraction of sp³-hybridized carbons (Fsp3) is 0.500. The van der Waals surface area contributed by atoms with E-state index in [1.807, 2.05) is 0 Å². The number of hydrogen-bond acceptors (Lipinski definition) is 5. The Morgan fingerprint density at radius 1 is 1.57 bits per heavy atom. The van der Waals surface area contributed by atoms with Gasteiger partial charge in [-0.25, -0.2) is 0 Å². The van der Waals surface area contributed by atoms with Gasteiger partial charge in [0.25, 0.3) is 11.6 Å². The van der Waals surface area contributed by atoms with Crippen LogP contribution in [0.3, 0.4) is 0 Å². The molecule has 1 amide bonds. The van der Waals surface area contributed by atoms with E-state index >= 15 is 0 Å². The van der Waals surface area contributed by atoms with E-state index in [2.05, 4.69) is 5.32 Å². The highest BCUT2D eigenvalue weighted by Crippen LogP contribution is 2.26. The van der Waals surface area contributed by atoms with Crippen molar-refractivity contribution in [2.45, 2.75) is 6.42 Å². The summed E-state index contributed by atoms with van der Waals surface area (Å²) < 4.78 is 5.12. The molecule has 0 saturated carbocycles. The topological polar surface area (TPSA) is 84.7 Å². The summed E-state index contributed by atoms with van der Waals surface area (Å²) in [6.45, 7) is 2.00. The fourth-order valence-electron chi connectivity index (χ4n) is 2.60. The molecule has 7 nitrogen and oxygen atoms in total. The van der Waals surface area contributed by atoms with Gasteiger partial charge in [-0.15, -0.1) is 0 Å². The zero-order valence-electron chi connectivity index (χ0n) is 12.2. The summed E-state index contributed by atoms with van der Waals surface area (Å²) in [6.07, 6.45) is 0.922. The number of carbonyl (C=O) groups is 1. The third-order valence-electron chi connectivity index (χ3n) is 3.68. The molecule has 0 aromatic heterocycles. The average Bonchev–Trinajstić information content (AvgIpc) is 2.94. The number of amides is 1. The SMILES string of the molecule is CNc1cc(C(=O)N2CCC(COC)C2)ccc1[N+](=O)[O-]. The monoisotopic (exact) mass is 293 g/mol. The number of rotatable bonds is 5. The zero-order valence-corrected chi connectivity index (χ0v) is 12.2. The van der Waals surface area contributed by atoms with E-state index in [9.17, 15) is 14.9 Å². The van der Waals surface area contributed by atoms with Gasteiger partial charge < -0.3 is 15.0 Å². The minimum absolute atomic E-state index is 0.0345. The average molecular weight is 293 g/mol. The lowest BCUT2D eigenvalue weighted by molar-refractivity contribution is -0.383. The van der Waals surface area contributed by atoms with Crippen molar-refractivity contribution in [2.24, 2.45) is 5.92 Å². The first-order valence-corrected chi connectivity index (χ1v) is 6.81. The van der Waals surface area contributed by atoms with E-state index in [-0.39, 0.29) is 11.6 Å². The quantitative estimate of drug-likeness (QED) is 0.660. The Morgan fingerprint density at radius 2 is 2.33 bits per heavy atom. The van der Waals surface area contributed by atoms with Crippen LogP contribution in [0, 0.1) is 16.0 Å². The number of hydrogen-bond donors (Lipinski definition) is 1. The van der Waals surface area contributed by atoms with Gasteiger partial charge in [0.15, 0.2) is 0 Å². The van der Waals surface area contributed by atoms with Crippen molar-refractivity contribution in [1.82, 2.24) is 4.90 Å². The molecule has 21 heavy (non-hydrogen) atoms. The number of benzene rings is 1. The highest BCUT2D eigenvalue weighted by atomic mass is 16.6. The molecule has 7 heteroatoms. The van der Waals surface area contributed by atoms with Gasteiger partial charge in [0.2, 0.25) is 0 Å². The molecule has 1 aromatic carbocycles. The van der Waals surface area contributed by atoms with Gasteiger partial charge in [0.05, 0.1) is 11.5 Å². The van der Waals surface area contributed by atoms with Crippen molar-refractivity contribution in [3.05, 3.63) is 33.9 Å². The van der Waals surface area contributed by atoms with Crippen LogP contribution in [0.25, 0.3) is 0 Å². The molecule has 1 aliphatic heterocycles. The molecular weight excluding hydrogens is 274 g/mol. The molecule has 0 bridgehead atoms. The number of carbonyl (C=O) groups excluding carboxylic acids is 1. The van der Waals surface area contributed by atoms with E-state index in [1.165, 1.54) is 18.2 Å². The highest BCUT2D eigenvalue weighted by molar-refractivity contribution is 5.96. The number of ether oxygens (including phenoxy) is 1. The summed E-state index contributed by atoms with van der Waals surface area (Å²) in [5.41, 5.74) is 0.772. The minimum Gasteiger partial charge on any atom is -0.384 e. The molecule has 1 heterocycles. The predicted molar refractivity (Wildman–Crippen MR) is 78.5 cm³/mol. The number of nitrogens with zero attached hydrogens (tertiary/aromatic N) is 2. The second-order valence-electron chi connectivity index (χ2n) is 5.10. The predicted octanol–water partition coefficient (Wildman–Crippen LogP) is 1.74. The van der Waals surface area contributed by atoms with Gasteiger partial charge >= 0.3 is 0 Å². The maximum atomic E-state index is 12.4. The van der Waals surface area contributed by atoms with Crippen molar-refractivity contribution in [3.8, 4) is 0 Å². The van der Waals surface area contributed by atoms with Crippen molar-refractivity contribution < 1.29 is 14.5 Å². The third-order valence-corrected chi connectivity index (χ3v) is 3.68. The van der Waals surface area contributed by atoms with Crippen molar-refractivity contribution in [2.75, 3.05) is 39.2 Å². The van der Waals surface area contributed by atoms with Crippen molar-refractivity contribution in [1.29, 1.82) is 0 Å². The standard InChI is InChI=1S/C14H19N3O4/c1-15-12-7-11(3-4-13(12)17(19)20)14(18)16-6-5-10(8-16)9-21-2/h3-4,7,10,15H,5-6,8-9H2,1-2H3. The maximum Gasteiger partial charge on any atom is 0.292 e. The third kappa shape index (κ3) is 3.30. The molecule has 0 radical (unpaired) electrons. The number of nitro groups is 1. The van der Waals surface area contributed by atoms with Gasteiger partial charge in [-0.2, -0.15) is 0 Å². The molecule has 1 saturated heterocycles. The Morgan fingerprint density at radius 3 is 2.95 bits per heavy atom. The first-order chi connectivity index (χ1) is 10.1. The first kappa shape index (κ1) is 15.2. The molecule has 0 aliphatic carbocycles. The van der Waals surface area contributed by atoms with E-state index < -0.39 is 4.92 Å². The summed E-state index contributed by atoms with van der Waals surface area (Å²) in [4.78, 5) is 24.6. The largest absolute Gasteiger partial charge is 0.384 e. The Bertz CT molecular complexity index is 547. The van der Waals surface area contributed by atoms with Gasteiger partial charge in [0, 0.05) is 44.8 Å². The van der Waals surface area contributed by atoms with E-state index in [0.29, 0.717) is 36.9 Å². The zero-order chi connectivity index (χ0) is 15.4. The van der Waals surface area contributed by atoms with Crippen LogP contribution in [0.2, 0.25) is 0 Å². The summed E-state index contributed by atoms with van der Waals surface area (Å²) >= 11 is 0. The van der Waals surface area contributed by atoms with Gasteiger partial charge in [0.1, 0.15) is 5.69 Å². The lowest BCUT2D eigenvalue weighted by Crippen LogP contribution is -2.29. The second kappa shape index (κ2) is 6.53. The molecule has 1 unspecified atom stereocenters. The van der Waals surface area contributed by atoms with Gasteiger partial charge in [-0.3, -0.25) is 14.9 Å².